The van der Waals surface area contributed by atoms with E-state index in [1.807, 2.05) is 12.3 Å². The van der Waals surface area contributed by atoms with Gasteiger partial charge in [-0.1, -0.05) is 11.6 Å². The highest BCUT2D eigenvalue weighted by Gasteiger charge is 2.27. The number of phenols is 1. The van der Waals surface area contributed by atoms with Crippen LogP contribution in [0.5, 0.6) is 5.75 Å². The van der Waals surface area contributed by atoms with E-state index in [1.165, 1.54) is 11.3 Å². The van der Waals surface area contributed by atoms with Crippen LogP contribution in [-0.2, 0) is 9.53 Å². The topological polar surface area (TPSA) is 62.7 Å². The molecule has 1 saturated heterocycles. The standard InChI is InChI=1S/C17H19ClN2O3S/c1-2-23-16(22)11-5-7-20(8-6-11)17-19-14(10-24-17)13-9-12(18)3-4-15(13)21/h3-4,9-11,21H,2,5-8H2,1H3. The summed E-state index contributed by atoms with van der Waals surface area (Å²) in [6.45, 7) is 3.81. The molecule has 1 aromatic heterocycles. The zero-order valence-corrected chi connectivity index (χ0v) is 14.9. The van der Waals surface area contributed by atoms with E-state index in [1.54, 1.807) is 18.2 Å². The number of nitrogens with zero attached hydrogens (tertiary/aromatic N) is 2. The molecule has 0 bridgehead atoms. The summed E-state index contributed by atoms with van der Waals surface area (Å²) < 4.78 is 5.10. The largest absolute Gasteiger partial charge is 0.507 e. The number of aromatic nitrogens is 1. The first-order valence-electron chi connectivity index (χ1n) is 7.94. The molecule has 1 aliphatic heterocycles. The second-order valence-corrected chi connectivity index (χ2v) is 6.96. The maximum atomic E-state index is 11.8. The molecule has 1 aromatic carbocycles. The molecule has 128 valence electrons. The van der Waals surface area contributed by atoms with Crippen LogP contribution < -0.4 is 4.90 Å². The van der Waals surface area contributed by atoms with Crippen LogP contribution in [0.15, 0.2) is 23.6 Å². The molecule has 0 spiro atoms. The molecule has 0 atom stereocenters. The summed E-state index contributed by atoms with van der Waals surface area (Å²) in [5.41, 5.74) is 1.34. The van der Waals surface area contributed by atoms with Gasteiger partial charge >= 0.3 is 5.97 Å². The number of hydrogen-bond acceptors (Lipinski definition) is 6. The Bertz CT molecular complexity index is 726. The fourth-order valence-electron chi connectivity index (χ4n) is 2.81. The van der Waals surface area contributed by atoms with Crippen LogP contribution >= 0.6 is 22.9 Å². The molecule has 2 heterocycles. The monoisotopic (exact) mass is 366 g/mol. The highest BCUT2D eigenvalue weighted by Crippen LogP contribution is 2.35. The van der Waals surface area contributed by atoms with Gasteiger partial charge in [-0.15, -0.1) is 11.3 Å². The highest BCUT2D eigenvalue weighted by atomic mass is 35.5. The summed E-state index contributed by atoms with van der Waals surface area (Å²) >= 11 is 7.53. The van der Waals surface area contributed by atoms with Crippen LogP contribution in [-0.4, -0.2) is 35.8 Å². The van der Waals surface area contributed by atoms with Gasteiger partial charge in [0.05, 0.1) is 18.2 Å². The number of anilines is 1. The van der Waals surface area contributed by atoms with Crippen LogP contribution in [0.25, 0.3) is 11.3 Å². The Morgan fingerprint density at radius 3 is 2.92 bits per heavy atom. The zero-order chi connectivity index (χ0) is 17.1. The lowest BCUT2D eigenvalue weighted by Gasteiger charge is -2.30. The minimum Gasteiger partial charge on any atom is -0.507 e. The van der Waals surface area contributed by atoms with E-state index in [2.05, 4.69) is 9.88 Å². The molecule has 24 heavy (non-hydrogen) atoms. The maximum Gasteiger partial charge on any atom is 0.309 e. The second kappa shape index (κ2) is 7.40. The number of aromatic hydroxyl groups is 1. The SMILES string of the molecule is CCOC(=O)C1CCN(c2nc(-c3cc(Cl)ccc3O)cs2)CC1. The fraction of sp³-hybridized carbons (Fsp3) is 0.412. The fourth-order valence-corrected chi connectivity index (χ4v) is 3.86. The van der Waals surface area contributed by atoms with Gasteiger partial charge in [-0.05, 0) is 38.0 Å². The molecule has 2 aromatic rings. The van der Waals surface area contributed by atoms with Crippen molar-refractivity contribution in [3.63, 3.8) is 0 Å². The predicted molar refractivity (Wildman–Crippen MR) is 95.8 cm³/mol. The average Bonchev–Trinajstić information content (AvgIpc) is 3.07. The summed E-state index contributed by atoms with van der Waals surface area (Å²) in [6.07, 6.45) is 1.55. The lowest BCUT2D eigenvalue weighted by atomic mass is 9.97. The normalized spacial score (nSPS) is 15.5. The first-order chi connectivity index (χ1) is 11.6. The number of esters is 1. The Kier molecular flexibility index (Phi) is 5.26. The number of carbonyl (C=O) groups is 1. The quantitative estimate of drug-likeness (QED) is 0.830. The van der Waals surface area contributed by atoms with E-state index in [-0.39, 0.29) is 17.6 Å². The van der Waals surface area contributed by atoms with Crippen molar-refractivity contribution < 1.29 is 14.6 Å². The van der Waals surface area contributed by atoms with Gasteiger partial charge in [-0.2, -0.15) is 0 Å². The number of rotatable bonds is 4. The van der Waals surface area contributed by atoms with E-state index < -0.39 is 0 Å². The van der Waals surface area contributed by atoms with Gasteiger partial charge in [-0.25, -0.2) is 4.98 Å². The van der Waals surface area contributed by atoms with E-state index in [0.717, 1.165) is 31.1 Å². The summed E-state index contributed by atoms with van der Waals surface area (Å²) in [5, 5.41) is 13.4. The third-order valence-electron chi connectivity index (χ3n) is 4.11. The van der Waals surface area contributed by atoms with Crippen LogP contribution in [0.1, 0.15) is 19.8 Å². The van der Waals surface area contributed by atoms with Crippen LogP contribution in [0.2, 0.25) is 5.02 Å². The zero-order valence-electron chi connectivity index (χ0n) is 13.4. The van der Waals surface area contributed by atoms with Crippen molar-refractivity contribution in [2.75, 3.05) is 24.6 Å². The minimum atomic E-state index is -0.0965. The molecule has 1 fully saturated rings. The minimum absolute atomic E-state index is 0.0161. The summed E-state index contributed by atoms with van der Waals surface area (Å²) in [6, 6.07) is 4.93. The molecule has 0 amide bonds. The van der Waals surface area contributed by atoms with Crippen molar-refractivity contribution in [2.45, 2.75) is 19.8 Å². The first-order valence-corrected chi connectivity index (χ1v) is 9.20. The molecular formula is C17H19ClN2O3S. The van der Waals surface area contributed by atoms with Crippen molar-refractivity contribution >= 4 is 34.0 Å². The Morgan fingerprint density at radius 1 is 1.46 bits per heavy atom. The second-order valence-electron chi connectivity index (χ2n) is 5.69. The van der Waals surface area contributed by atoms with Crippen LogP contribution in [0.3, 0.4) is 0 Å². The number of ether oxygens (including phenoxy) is 1. The Hall–Kier alpha value is -1.79. The molecular weight excluding hydrogens is 348 g/mol. The van der Waals surface area contributed by atoms with Crippen molar-refractivity contribution in [2.24, 2.45) is 5.92 Å². The van der Waals surface area contributed by atoms with E-state index >= 15 is 0 Å². The number of phenolic OH excluding ortho intramolecular Hbond substituents is 1. The molecule has 0 saturated carbocycles. The smallest absolute Gasteiger partial charge is 0.309 e. The first kappa shape index (κ1) is 17.0. The lowest BCUT2D eigenvalue weighted by Crippen LogP contribution is -2.36. The van der Waals surface area contributed by atoms with Crippen molar-refractivity contribution in [1.82, 2.24) is 4.98 Å². The van der Waals surface area contributed by atoms with E-state index in [9.17, 15) is 9.90 Å². The predicted octanol–water partition coefficient (Wildman–Crippen LogP) is 3.95. The number of halogens is 1. The Labute approximate surface area is 149 Å². The Morgan fingerprint density at radius 2 is 2.21 bits per heavy atom. The number of thiazole rings is 1. The molecule has 1 aliphatic rings. The number of carbonyl (C=O) groups excluding carboxylic acids is 1. The van der Waals surface area contributed by atoms with Gasteiger partial charge < -0.3 is 14.7 Å². The molecule has 0 radical (unpaired) electrons. The number of hydrogen-bond donors (Lipinski definition) is 1. The van der Waals surface area contributed by atoms with Crippen molar-refractivity contribution in [1.29, 1.82) is 0 Å². The van der Waals surface area contributed by atoms with Gasteiger partial charge in [0.1, 0.15) is 5.75 Å². The van der Waals surface area contributed by atoms with Gasteiger partial charge in [-0.3, -0.25) is 4.79 Å². The average molecular weight is 367 g/mol. The van der Waals surface area contributed by atoms with Crippen molar-refractivity contribution in [3.8, 4) is 17.0 Å². The maximum absolute atomic E-state index is 11.8. The molecule has 7 heteroatoms. The van der Waals surface area contributed by atoms with Gasteiger partial charge in [0.25, 0.3) is 0 Å². The molecule has 0 aliphatic carbocycles. The third-order valence-corrected chi connectivity index (χ3v) is 5.25. The van der Waals surface area contributed by atoms with Gasteiger partial charge in [0, 0.05) is 29.1 Å². The summed E-state index contributed by atoms with van der Waals surface area (Å²) in [5.74, 6) is 0.0516. The van der Waals surface area contributed by atoms with E-state index in [0.29, 0.717) is 22.9 Å². The van der Waals surface area contributed by atoms with Gasteiger partial charge in [0.2, 0.25) is 0 Å². The van der Waals surface area contributed by atoms with Crippen LogP contribution in [0, 0.1) is 5.92 Å². The number of benzene rings is 1. The third kappa shape index (κ3) is 3.65. The van der Waals surface area contributed by atoms with Gasteiger partial charge in [0.15, 0.2) is 5.13 Å². The van der Waals surface area contributed by atoms with Crippen molar-refractivity contribution in [3.05, 3.63) is 28.6 Å². The summed E-state index contributed by atoms with van der Waals surface area (Å²) in [7, 11) is 0. The Balaban J connectivity index is 1.69. The molecule has 1 N–H and O–H groups in total. The van der Waals surface area contributed by atoms with E-state index in [4.69, 9.17) is 16.3 Å². The lowest BCUT2D eigenvalue weighted by molar-refractivity contribution is -0.148. The summed E-state index contributed by atoms with van der Waals surface area (Å²) in [4.78, 5) is 18.6. The van der Waals surface area contributed by atoms with Crippen LogP contribution in [0.4, 0.5) is 5.13 Å². The molecule has 3 rings (SSSR count). The molecule has 5 nitrogen and oxygen atoms in total. The highest BCUT2D eigenvalue weighted by molar-refractivity contribution is 7.14. The molecule has 0 unspecified atom stereocenters. The number of piperidine rings is 1.